The first-order chi connectivity index (χ1) is 12.5. The fraction of sp³-hybridized carbons (Fsp3) is 0.176. The van der Waals surface area contributed by atoms with E-state index in [9.17, 15) is 0 Å². The summed E-state index contributed by atoms with van der Waals surface area (Å²) in [6.07, 6.45) is 0. The largest absolute Gasteiger partial charge is 0.497 e. The molecule has 3 rings (SSSR count). The van der Waals surface area contributed by atoms with Gasteiger partial charge in [-0.3, -0.25) is 0 Å². The van der Waals surface area contributed by atoms with Gasteiger partial charge < -0.3 is 18.7 Å². The Balaban J connectivity index is 1.78. The third-order valence-electron chi connectivity index (χ3n) is 3.44. The van der Waals surface area contributed by atoms with E-state index in [-0.39, 0.29) is 12.5 Å². The van der Waals surface area contributed by atoms with E-state index in [0.29, 0.717) is 43.7 Å². The summed E-state index contributed by atoms with van der Waals surface area (Å²) >= 11 is 17.9. The van der Waals surface area contributed by atoms with Crippen LogP contribution < -0.4 is 14.2 Å². The van der Waals surface area contributed by atoms with E-state index in [1.165, 1.54) is 12.1 Å². The van der Waals surface area contributed by atoms with Crippen LogP contribution in [0.5, 0.6) is 17.2 Å². The highest BCUT2D eigenvalue weighted by atomic mass is 35.5. The molecule has 2 aromatic carbocycles. The van der Waals surface area contributed by atoms with Crippen LogP contribution >= 0.6 is 34.8 Å². The molecule has 9 heteroatoms. The first-order valence-electron chi connectivity index (χ1n) is 7.34. The van der Waals surface area contributed by atoms with Crippen LogP contribution in [-0.2, 0) is 6.61 Å². The second kappa shape index (κ2) is 8.03. The lowest BCUT2D eigenvalue weighted by Crippen LogP contribution is -1.97. The highest BCUT2D eigenvalue weighted by molar-refractivity contribution is 6.43. The Kier molecular flexibility index (Phi) is 5.76. The minimum absolute atomic E-state index is 0.0170. The quantitative estimate of drug-likeness (QED) is 0.509. The number of halogens is 3. The van der Waals surface area contributed by atoms with Gasteiger partial charge in [0.1, 0.15) is 17.2 Å². The van der Waals surface area contributed by atoms with E-state index in [0.717, 1.165) is 0 Å². The molecule has 0 bridgehead atoms. The van der Waals surface area contributed by atoms with Gasteiger partial charge in [0.15, 0.2) is 6.61 Å². The predicted molar refractivity (Wildman–Crippen MR) is 98.6 cm³/mol. The van der Waals surface area contributed by atoms with Crippen molar-refractivity contribution >= 4 is 34.8 Å². The highest BCUT2D eigenvalue weighted by Gasteiger charge is 2.15. The molecular weight excluding hydrogens is 403 g/mol. The SMILES string of the molecule is COc1ccc(-c2noc(COc3cc(Cl)c(Cl)cc3Cl)n2)c(OC)c1. The molecule has 1 aromatic heterocycles. The monoisotopic (exact) mass is 414 g/mol. The average Bonchev–Trinajstić information content (AvgIpc) is 3.11. The molecule has 0 atom stereocenters. The molecule has 0 amide bonds. The molecule has 1 heterocycles. The molecule has 0 spiro atoms. The first-order valence-corrected chi connectivity index (χ1v) is 8.47. The van der Waals surface area contributed by atoms with Crippen LogP contribution in [0.25, 0.3) is 11.4 Å². The zero-order valence-corrected chi connectivity index (χ0v) is 16.0. The van der Waals surface area contributed by atoms with E-state index in [4.69, 9.17) is 53.5 Å². The average molecular weight is 416 g/mol. The van der Waals surface area contributed by atoms with Gasteiger partial charge in [0.2, 0.25) is 5.82 Å². The van der Waals surface area contributed by atoms with Crippen molar-refractivity contribution in [3.8, 4) is 28.6 Å². The Labute approximate surface area is 164 Å². The van der Waals surface area contributed by atoms with Gasteiger partial charge in [-0.2, -0.15) is 4.98 Å². The standard InChI is InChI=1S/C17H13Cl3N2O4/c1-23-9-3-4-10(14(5-9)24-2)17-21-16(26-22-17)8-25-15-7-12(19)11(18)6-13(15)20/h3-7H,8H2,1-2H3. The first kappa shape index (κ1) is 18.6. The molecular formula is C17H13Cl3N2O4. The van der Waals surface area contributed by atoms with Gasteiger partial charge in [0.25, 0.3) is 5.89 Å². The van der Waals surface area contributed by atoms with E-state index in [2.05, 4.69) is 10.1 Å². The minimum atomic E-state index is 0.0170. The highest BCUT2D eigenvalue weighted by Crippen LogP contribution is 2.35. The van der Waals surface area contributed by atoms with Gasteiger partial charge in [-0.25, -0.2) is 0 Å². The van der Waals surface area contributed by atoms with Crippen molar-refractivity contribution in [2.24, 2.45) is 0 Å². The predicted octanol–water partition coefficient (Wildman–Crippen LogP) is 5.29. The van der Waals surface area contributed by atoms with Gasteiger partial charge >= 0.3 is 0 Å². The summed E-state index contributed by atoms with van der Waals surface area (Å²) in [6.45, 7) is 0.0170. The summed E-state index contributed by atoms with van der Waals surface area (Å²) in [6, 6.07) is 8.32. The number of nitrogens with zero attached hydrogens (tertiary/aromatic N) is 2. The normalized spacial score (nSPS) is 10.7. The zero-order chi connectivity index (χ0) is 18.7. The van der Waals surface area contributed by atoms with Gasteiger partial charge in [0, 0.05) is 12.1 Å². The summed E-state index contributed by atoms with van der Waals surface area (Å²) in [5, 5.41) is 4.96. The van der Waals surface area contributed by atoms with E-state index in [1.54, 1.807) is 32.4 Å². The van der Waals surface area contributed by atoms with Crippen LogP contribution in [0.3, 0.4) is 0 Å². The number of aromatic nitrogens is 2. The Bertz CT molecular complexity index is 930. The second-order valence-corrected chi connectivity index (χ2v) is 6.28. The summed E-state index contributed by atoms with van der Waals surface area (Å²) in [4.78, 5) is 4.30. The molecule has 6 nitrogen and oxygen atoms in total. The molecule has 0 fully saturated rings. The number of benzene rings is 2. The molecule has 0 radical (unpaired) electrons. The molecule has 26 heavy (non-hydrogen) atoms. The van der Waals surface area contributed by atoms with E-state index < -0.39 is 0 Å². The van der Waals surface area contributed by atoms with Crippen LogP contribution in [0, 0.1) is 0 Å². The van der Waals surface area contributed by atoms with Crippen molar-refractivity contribution in [3.63, 3.8) is 0 Å². The van der Waals surface area contributed by atoms with Crippen LogP contribution in [0.1, 0.15) is 5.89 Å². The van der Waals surface area contributed by atoms with Gasteiger partial charge in [-0.1, -0.05) is 40.0 Å². The third kappa shape index (κ3) is 3.98. The summed E-state index contributed by atoms with van der Waals surface area (Å²) in [5.41, 5.74) is 0.663. The zero-order valence-electron chi connectivity index (χ0n) is 13.8. The Hall–Kier alpha value is -2.15. The van der Waals surface area contributed by atoms with Crippen LogP contribution in [0.4, 0.5) is 0 Å². The smallest absolute Gasteiger partial charge is 0.264 e. The molecule has 0 aliphatic rings. The number of methoxy groups -OCH3 is 2. The topological polar surface area (TPSA) is 66.6 Å². The molecule has 0 aliphatic carbocycles. The molecule has 0 aliphatic heterocycles. The van der Waals surface area contributed by atoms with Crippen molar-refractivity contribution in [2.45, 2.75) is 6.61 Å². The fourth-order valence-corrected chi connectivity index (χ4v) is 2.75. The van der Waals surface area contributed by atoms with E-state index in [1.807, 2.05) is 0 Å². The summed E-state index contributed by atoms with van der Waals surface area (Å²) < 4.78 is 21.3. The van der Waals surface area contributed by atoms with Crippen molar-refractivity contribution in [3.05, 3.63) is 51.3 Å². The Morgan fingerprint density at radius 2 is 1.69 bits per heavy atom. The van der Waals surface area contributed by atoms with Crippen molar-refractivity contribution in [1.82, 2.24) is 10.1 Å². The van der Waals surface area contributed by atoms with Crippen LogP contribution in [0.15, 0.2) is 34.9 Å². The van der Waals surface area contributed by atoms with Crippen LogP contribution in [-0.4, -0.2) is 24.4 Å². The molecule has 0 saturated carbocycles. The van der Waals surface area contributed by atoms with Gasteiger partial charge in [0.05, 0.1) is 34.9 Å². The Morgan fingerprint density at radius 1 is 0.923 bits per heavy atom. The number of ether oxygens (including phenoxy) is 3. The molecule has 0 saturated heterocycles. The molecule has 136 valence electrons. The van der Waals surface area contributed by atoms with Crippen molar-refractivity contribution in [2.75, 3.05) is 14.2 Å². The maximum absolute atomic E-state index is 6.07. The minimum Gasteiger partial charge on any atom is -0.497 e. The van der Waals surface area contributed by atoms with Crippen LogP contribution in [0.2, 0.25) is 15.1 Å². The molecule has 0 N–H and O–H groups in total. The van der Waals surface area contributed by atoms with Crippen molar-refractivity contribution in [1.29, 1.82) is 0 Å². The maximum atomic E-state index is 6.07. The molecule has 3 aromatic rings. The lowest BCUT2D eigenvalue weighted by molar-refractivity contribution is 0.243. The third-order valence-corrected chi connectivity index (χ3v) is 4.46. The maximum Gasteiger partial charge on any atom is 0.264 e. The fourth-order valence-electron chi connectivity index (χ4n) is 2.16. The molecule has 0 unspecified atom stereocenters. The summed E-state index contributed by atoms with van der Waals surface area (Å²) in [7, 11) is 3.13. The second-order valence-electron chi connectivity index (χ2n) is 5.06. The van der Waals surface area contributed by atoms with Crippen molar-refractivity contribution < 1.29 is 18.7 Å². The lowest BCUT2D eigenvalue weighted by Gasteiger charge is -2.07. The number of rotatable bonds is 6. The van der Waals surface area contributed by atoms with Gasteiger partial charge in [-0.15, -0.1) is 0 Å². The number of hydrogen-bond acceptors (Lipinski definition) is 6. The number of hydrogen-bond donors (Lipinski definition) is 0. The van der Waals surface area contributed by atoms with E-state index >= 15 is 0 Å². The Morgan fingerprint density at radius 3 is 2.42 bits per heavy atom. The van der Waals surface area contributed by atoms with Gasteiger partial charge in [-0.05, 0) is 18.2 Å². The summed E-state index contributed by atoms with van der Waals surface area (Å²) in [5.74, 6) is 2.21. The lowest BCUT2D eigenvalue weighted by atomic mass is 10.2.